The van der Waals surface area contributed by atoms with Crippen molar-refractivity contribution >= 4 is 10.0 Å². The van der Waals surface area contributed by atoms with Gasteiger partial charge in [-0.1, -0.05) is 0 Å². The third-order valence-corrected chi connectivity index (χ3v) is 4.89. The van der Waals surface area contributed by atoms with Crippen LogP contribution in [0.1, 0.15) is 6.42 Å². The summed E-state index contributed by atoms with van der Waals surface area (Å²) in [5, 5.41) is 3.15. The molecule has 1 fully saturated rings. The number of nitrogens with one attached hydrogen (secondary N) is 2. The van der Waals surface area contributed by atoms with Crippen LogP contribution in [0.5, 0.6) is 11.5 Å². The van der Waals surface area contributed by atoms with Crippen molar-refractivity contribution < 1.29 is 22.3 Å². The second kappa shape index (κ2) is 6.59. The highest BCUT2D eigenvalue weighted by molar-refractivity contribution is 7.89. The van der Waals surface area contributed by atoms with Gasteiger partial charge < -0.3 is 14.8 Å². The van der Waals surface area contributed by atoms with Gasteiger partial charge >= 0.3 is 0 Å². The molecule has 1 aromatic rings. The van der Waals surface area contributed by atoms with E-state index in [2.05, 4.69) is 10.0 Å². The summed E-state index contributed by atoms with van der Waals surface area (Å²) in [5.74, 6) is -0.330. The molecule has 1 heterocycles. The fourth-order valence-corrected chi connectivity index (χ4v) is 3.42. The molecule has 21 heavy (non-hydrogen) atoms. The molecule has 0 amide bonds. The molecule has 2 N–H and O–H groups in total. The summed E-state index contributed by atoms with van der Waals surface area (Å²) in [6, 6.07) is 2.13. The Kier molecular flexibility index (Phi) is 5.02. The minimum absolute atomic E-state index is 0.147. The second-order valence-electron chi connectivity index (χ2n) is 4.85. The molecule has 0 bridgehead atoms. The van der Waals surface area contributed by atoms with Crippen molar-refractivity contribution in [2.24, 2.45) is 5.92 Å². The van der Waals surface area contributed by atoms with Gasteiger partial charge in [0.2, 0.25) is 10.0 Å². The monoisotopic (exact) mass is 318 g/mol. The number of methoxy groups -OCH3 is 2. The summed E-state index contributed by atoms with van der Waals surface area (Å²) in [6.45, 7) is 1.91. The van der Waals surface area contributed by atoms with Crippen LogP contribution in [0.25, 0.3) is 0 Å². The van der Waals surface area contributed by atoms with Crippen LogP contribution < -0.4 is 19.5 Å². The van der Waals surface area contributed by atoms with Crippen molar-refractivity contribution in [2.75, 3.05) is 33.9 Å². The lowest BCUT2D eigenvalue weighted by Crippen LogP contribution is -2.31. The highest BCUT2D eigenvalue weighted by Crippen LogP contribution is 2.31. The van der Waals surface area contributed by atoms with Crippen LogP contribution >= 0.6 is 0 Å². The Labute approximate surface area is 123 Å². The zero-order chi connectivity index (χ0) is 15.5. The van der Waals surface area contributed by atoms with E-state index in [1.54, 1.807) is 0 Å². The quantitative estimate of drug-likeness (QED) is 0.809. The average Bonchev–Trinajstić information content (AvgIpc) is 2.98. The third-order valence-electron chi connectivity index (χ3n) is 3.45. The van der Waals surface area contributed by atoms with Gasteiger partial charge in [-0.3, -0.25) is 0 Å². The highest BCUT2D eigenvalue weighted by atomic mass is 32.2. The summed E-state index contributed by atoms with van der Waals surface area (Å²) >= 11 is 0. The number of hydrogen-bond acceptors (Lipinski definition) is 5. The van der Waals surface area contributed by atoms with E-state index in [1.807, 2.05) is 0 Å². The van der Waals surface area contributed by atoms with Crippen molar-refractivity contribution in [3.8, 4) is 11.5 Å². The van der Waals surface area contributed by atoms with Crippen molar-refractivity contribution in [1.29, 1.82) is 0 Å². The van der Waals surface area contributed by atoms with Gasteiger partial charge in [0.25, 0.3) is 0 Å². The van der Waals surface area contributed by atoms with E-state index in [1.165, 1.54) is 14.2 Å². The predicted octanol–water partition coefficient (Wildman–Crippen LogP) is 0.731. The van der Waals surface area contributed by atoms with Gasteiger partial charge in [0.05, 0.1) is 14.2 Å². The molecule has 1 unspecified atom stereocenters. The number of halogens is 1. The molecule has 8 heteroatoms. The maximum Gasteiger partial charge on any atom is 0.243 e. The van der Waals surface area contributed by atoms with Crippen molar-refractivity contribution in [1.82, 2.24) is 10.0 Å². The first-order chi connectivity index (χ1) is 9.97. The van der Waals surface area contributed by atoms with Crippen molar-refractivity contribution in [2.45, 2.75) is 11.3 Å². The Hall–Kier alpha value is -1.38. The van der Waals surface area contributed by atoms with Gasteiger partial charge in [0, 0.05) is 18.7 Å². The summed E-state index contributed by atoms with van der Waals surface area (Å²) < 4.78 is 50.8. The zero-order valence-electron chi connectivity index (χ0n) is 12.0. The van der Waals surface area contributed by atoms with Gasteiger partial charge in [-0.15, -0.1) is 0 Å². The summed E-state index contributed by atoms with van der Waals surface area (Å²) in [6.07, 6.45) is 0.900. The van der Waals surface area contributed by atoms with Crippen LogP contribution in [-0.2, 0) is 10.0 Å². The molecular formula is C13H19FN2O4S. The molecule has 1 aliphatic heterocycles. The van der Waals surface area contributed by atoms with E-state index < -0.39 is 20.7 Å². The molecule has 6 nitrogen and oxygen atoms in total. The lowest BCUT2D eigenvalue weighted by atomic mass is 10.1. The Balaban J connectivity index is 2.22. The van der Waals surface area contributed by atoms with E-state index in [0.717, 1.165) is 31.6 Å². The first kappa shape index (κ1) is 16.0. The molecule has 0 saturated carbocycles. The molecule has 2 rings (SSSR count). The molecule has 1 aromatic carbocycles. The van der Waals surface area contributed by atoms with Crippen LogP contribution in [0.15, 0.2) is 17.0 Å². The summed E-state index contributed by atoms with van der Waals surface area (Å²) in [7, 11) is -1.20. The van der Waals surface area contributed by atoms with Crippen molar-refractivity contribution in [3.63, 3.8) is 0 Å². The van der Waals surface area contributed by atoms with E-state index >= 15 is 0 Å². The number of ether oxygens (including phenoxy) is 2. The molecule has 0 spiro atoms. The fraction of sp³-hybridized carbons (Fsp3) is 0.538. The Morgan fingerprint density at radius 2 is 2.00 bits per heavy atom. The number of sulfonamides is 1. The minimum Gasteiger partial charge on any atom is -0.493 e. The molecule has 0 aromatic heterocycles. The molecule has 1 atom stereocenters. The third kappa shape index (κ3) is 3.63. The van der Waals surface area contributed by atoms with Gasteiger partial charge in [0.15, 0.2) is 11.5 Å². The zero-order valence-corrected chi connectivity index (χ0v) is 12.8. The Morgan fingerprint density at radius 1 is 1.33 bits per heavy atom. The SMILES string of the molecule is COc1cc(F)c(S(=O)(=O)NCC2CCNC2)cc1OC. The summed E-state index contributed by atoms with van der Waals surface area (Å²) in [4.78, 5) is -0.439. The maximum atomic E-state index is 14.0. The average molecular weight is 318 g/mol. The first-order valence-corrected chi connectivity index (χ1v) is 8.08. The number of hydrogen-bond donors (Lipinski definition) is 2. The Bertz CT molecular complexity index is 600. The topological polar surface area (TPSA) is 76.7 Å². The van der Waals surface area contributed by atoms with E-state index in [9.17, 15) is 12.8 Å². The molecule has 1 saturated heterocycles. The van der Waals surface area contributed by atoms with Crippen LogP contribution in [0.2, 0.25) is 0 Å². The first-order valence-electron chi connectivity index (χ1n) is 6.60. The Morgan fingerprint density at radius 3 is 2.57 bits per heavy atom. The standard InChI is InChI=1S/C13H19FN2O4S/c1-19-11-5-10(14)13(6-12(11)20-2)21(17,18)16-8-9-3-4-15-7-9/h5-6,9,15-16H,3-4,7-8H2,1-2H3. The number of benzene rings is 1. The predicted molar refractivity (Wildman–Crippen MR) is 75.7 cm³/mol. The minimum atomic E-state index is -3.92. The van der Waals surface area contributed by atoms with Crippen LogP contribution in [0, 0.1) is 11.7 Å². The van der Waals surface area contributed by atoms with E-state index in [0.29, 0.717) is 0 Å². The van der Waals surface area contributed by atoms with Crippen molar-refractivity contribution in [3.05, 3.63) is 17.9 Å². The van der Waals surface area contributed by atoms with Gasteiger partial charge in [-0.25, -0.2) is 17.5 Å². The van der Waals surface area contributed by atoms with Crippen LogP contribution in [0.3, 0.4) is 0 Å². The maximum absolute atomic E-state index is 14.0. The van der Waals surface area contributed by atoms with Gasteiger partial charge in [-0.2, -0.15) is 0 Å². The highest BCUT2D eigenvalue weighted by Gasteiger charge is 2.24. The second-order valence-corrected chi connectivity index (χ2v) is 6.58. The molecule has 0 aliphatic carbocycles. The largest absolute Gasteiger partial charge is 0.493 e. The lowest BCUT2D eigenvalue weighted by Gasteiger charge is -2.13. The molecule has 118 valence electrons. The smallest absolute Gasteiger partial charge is 0.243 e. The molecule has 1 aliphatic rings. The lowest BCUT2D eigenvalue weighted by molar-refractivity contribution is 0.350. The number of rotatable bonds is 6. The summed E-state index contributed by atoms with van der Waals surface area (Å²) in [5.41, 5.74) is 0. The van der Waals surface area contributed by atoms with Gasteiger partial charge in [-0.05, 0) is 25.4 Å². The van der Waals surface area contributed by atoms with Gasteiger partial charge in [0.1, 0.15) is 10.7 Å². The molecule has 0 radical (unpaired) electrons. The van der Waals surface area contributed by atoms with Crippen LogP contribution in [-0.4, -0.2) is 42.3 Å². The molecular weight excluding hydrogens is 299 g/mol. The normalized spacial score (nSPS) is 18.7. The fourth-order valence-electron chi connectivity index (χ4n) is 2.24. The van der Waals surface area contributed by atoms with Crippen LogP contribution in [0.4, 0.5) is 4.39 Å². The van der Waals surface area contributed by atoms with E-state index in [4.69, 9.17) is 9.47 Å². The van der Waals surface area contributed by atoms with E-state index in [-0.39, 0.29) is 24.0 Å².